The number of aliphatic hydroxyl groups is 2. The van der Waals surface area contributed by atoms with Gasteiger partial charge in [0.25, 0.3) is 0 Å². The second-order valence-corrected chi connectivity index (χ2v) is 11.1. The molecular weight excluding hydrogens is 432 g/mol. The smallest absolute Gasteiger partial charge is 0.123 e. The number of unbranched alkanes of at least 4 members (excludes halogenated alkanes) is 2. The van der Waals surface area contributed by atoms with Crippen molar-refractivity contribution >= 4 is 0 Å². The Morgan fingerprint density at radius 2 is 1.00 bits per heavy atom. The molecule has 0 saturated heterocycles. The van der Waals surface area contributed by atoms with Gasteiger partial charge in [0.2, 0.25) is 0 Å². The van der Waals surface area contributed by atoms with Crippen LogP contribution in [0.2, 0.25) is 0 Å². The van der Waals surface area contributed by atoms with E-state index in [9.17, 15) is 10.2 Å². The molecular formula is C28H50O6. The molecule has 1 aromatic carbocycles. The molecule has 34 heavy (non-hydrogen) atoms. The normalized spacial score (nSPS) is 14.2. The molecule has 0 fully saturated rings. The highest BCUT2D eigenvalue weighted by molar-refractivity contribution is 5.51. The fourth-order valence-electron chi connectivity index (χ4n) is 3.37. The summed E-state index contributed by atoms with van der Waals surface area (Å²) in [7, 11) is 0. The number of rotatable bonds is 16. The van der Waals surface area contributed by atoms with Gasteiger partial charge in [0.05, 0.1) is 13.2 Å². The minimum atomic E-state index is -0.693. The molecule has 2 atom stereocenters. The fourth-order valence-corrected chi connectivity index (χ4v) is 3.37. The van der Waals surface area contributed by atoms with Gasteiger partial charge in [-0.3, -0.25) is 0 Å². The number of ether oxygens (including phenoxy) is 4. The summed E-state index contributed by atoms with van der Waals surface area (Å²) >= 11 is 0. The van der Waals surface area contributed by atoms with Gasteiger partial charge in [-0.1, -0.05) is 68.2 Å². The Morgan fingerprint density at radius 3 is 1.29 bits per heavy atom. The third kappa shape index (κ3) is 11.4. The van der Waals surface area contributed by atoms with Crippen LogP contribution in [0.25, 0.3) is 0 Å². The van der Waals surface area contributed by atoms with Crippen molar-refractivity contribution in [1.29, 1.82) is 0 Å². The van der Waals surface area contributed by atoms with E-state index in [1.54, 1.807) is 0 Å². The first-order valence-corrected chi connectivity index (χ1v) is 12.9. The van der Waals surface area contributed by atoms with Gasteiger partial charge in [-0.2, -0.15) is 0 Å². The number of hydrogen-bond donors (Lipinski definition) is 2. The quantitative estimate of drug-likeness (QED) is 0.308. The molecule has 6 heteroatoms. The van der Waals surface area contributed by atoms with E-state index in [4.69, 9.17) is 18.9 Å². The molecule has 0 aromatic heterocycles. The van der Waals surface area contributed by atoms with Crippen LogP contribution in [-0.4, -0.2) is 62.1 Å². The van der Waals surface area contributed by atoms with Crippen LogP contribution in [0.1, 0.15) is 92.2 Å². The lowest BCUT2D eigenvalue weighted by Gasteiger charge is -2.30. The molecule has 0 heterocycles. The average molecular weight is 483 g/mol. The van der Waals surface area contributed by atoms with E-state index >= 15 is 0 Å². The molecule has 1 rings (SSSR count). The second kappa shape index (κ2) is 14.9. The van der Waals surface area contributed by atoms with Gasteiger partial charge in [-0.15, -0.1) is 0 Å². The van der Waals surface area contributed by atoms with E-state index in [1.165, 1.54) is 0 Å². The summed E-state index contributed by atoms with van der Waals surface area (Å²) < 4.78 is 23.3. The van der Waals surface area contributed by atoms with Crippen molar-refractivity contribution in [1.82, 2.24) is 0 Å². The molecule has 2 unspecified atom stereocenters. The Bertz CT molecular complexity index is 630. The van der Waals surface area contributed by atoms with Gasteiger partial charge in [0.1, 0.15) is 36.9 Å². The van der Waals surface area contributed by atoms with Gasteiger partial charge in [0.15, 0.2) is 0 Å². The maximum absolute atomic E-state index is 10.3. The molecule has 198 valence electrons. The average Bonchev–Trinajstić information content (AvgIpc) is 2.75. The van der Waals surface area contributed by atoms with Crippen molar-refractivity contribution in [3.05, 3.63) is 23.3 Å². The summed E-state index contributed by atoms with van der Waals surface area (Å²) in [6.07, 6.45) is 2.71. The molecule has 6 nitrogen and oxygen atoms in total. The summed E-state index contributed by atoms with van der Waals surface area (Å²) in [6, 6.07) is 4.04. The van der Waals surface area contributed by atoms with Crippen molar-refractivity contribution in [2.75, 3.05) is 39.6 Å². The standard InChI is InChI=1S/C28H50O6/c1-9-11-13-31-17-21(29)19-33-25-15-24(28(6,7)8)26(16-23(25)27(3,4)5)34-20-22(30)18-32-14-12-10-2/h15-16,21-22,29-30H,9-14,17-20H2,1-8H3. The monoisotopic (exact) mass is 482 g/mol. The molecule has 0 radical (unpaired) electrons. The summed E-state index contributed by atoms with van der Waals surface area (Å²) in [5.41, 5.74) is 1.58. The van der Waals surface area contributed by atoms with E-state index in [0.717, 1.165) is 48.3 Å². The zero-order valence-corrected chi connectivity index (χ0v) is 22.9. The number of hydrogen-bond acceptors (Lipinski definition) is 6. The molecule has 0 aliphatic heterocycles. The minimum absolute atomic E-state index is 0.160. The Hall–Kier alpha value is -1.34. The summed E-state index contributed by atoms with van der Waals surface area (Å²) in [5, 5.41) is 20.6. The van der Waals surface area contributed by atoms with Crippen LogP contribution in [0.15, 0.2) is 12.1 Å². The van der Waals surface area contributed by atoms with E-state index in [1.807, 2.05) is 12.1 Å². The Kier molecular flexibility index (Phi) is 13.5. The Balaban J connectivity index is 3.01. The highest BCUT2D eigenvalue weighted by Crippen LogP contribution is 2.41. The molecule has 0 aliphatic carbocycles. The van der Waals surface area contributed by atoms with Crippen LogP contribution < -0.4 is 9.47 Å². The highest BCUT2D eigenvalue weighted by Gasteiger charge is 2.27. The largest absolute Gasteiger partial charge is 0.490 e. The van der Waals surface area contributed by atoms with Crippen molar-refractivity contribution in [2.24, 2.45) is 0 Å². The number of aliphatic hydroxyl groups excluding tert-OH is 2. The maximum atomic E-state index is 10.3. The molecule has 0 amide bonds. The van der Waals surface area contributed by atoms with Gasteiger partial charge >= 0.3 is 0 Å². The summed E-state index contributed by atoms with van der Waals surface area (Å²) in [5.74, 6) is 1.47. The Morgan fingerprint density at radius 1 is 0.647 bits per heavy atom. The van der Waals surface area contributed by atoms with Gasteiger partial charge < -0.3 is 29.2 Å². The van der Waals surface area contributed by atoms with Crippen molar-refractivity contribution < 1.29 is 29.2 Å². The molecule has 0 saturated carbocycles. The van der Waals surface area contributed by atoms with E-state index in [-0.39, 0.29) is 37.3 Å². The van der Waals surface area contributed by atoms with Crippen LogP contribution in [0.4, 0.5) is 0 Å². The fraction of sp³-hybridized carbons (Fsp3) is 0.786. The molecule has 1 aromatic rings. The Labute approximate surface area is 208 Å². The van der Waals surface area contributed by atoms with E-state index < -0.39 is 12.2 Å². The van der Waals surface area contributed by atoms with Gasteiger partial charge in [-0.05, 0) is 35.8 Å². The van der Waals surface area contributed by atoms with Gasteiger partial charge in [0, 0.05) is 24.3 Å². The van der Waals surface area contributed by atoms with Crippen molar-refractivity contribution in [2.45, 2.75) is 104 Å². The topological polar surface area (TPSA) is 77.4 Å². The van der Waals surface area contributed by atoms with Crippen molar-refractivity contribution in [3.63, 3.8) is 0 Å². The predicted molar refractivity (Wildman–Crippen MR) is 138 cm³/mol. The first-order chi connectivity index (χ1) is 15.9. The van der Waals surface area contributed by atoms with E-state index in [2.05, 4.69) is 55.4 Å². The predicted octanol–water partition coefficient (Wildman–Crippen LogP) is 5.39. The zero-order valence-electron chi connectivity index (χ0n) is 22.9. The third-order valence-corrected chi connectivity index (χ3v) is 5.47. The summed E-state index contributed by atoms with van der Waals surface area (Å²) in [4.78, 5) is 0. The SMILES string of the molecule is CCCCOCC(O)COc1cc(C(C)(C)C)c(OCC(O)COCCCC)cc1C(C)(C)C. The van der Waals surface area contributed by atoms with E-state index in [0.29, 0.717) is 13.2 Å². The maximum Gasteiger partial charge on any atom is 0.123 e. The first kappa shape index (κ1) is 30.7. The van der Waals surface area contributed by atoms with Gasteiger partial charge in [-0.25, -0.2) is 0 Å². The minimum Gasteiger partial charge on any atom is -0.490 e. The van der Waals surface area contributed by atoms with Crippen LogP contribution in [0.3, 0.4) is 0 Å². The van der Waals surface area contributed by atoms with Crippen LogP contribution in [0.5, 0.6) is 11.5 Å². The van der Waals surface area contributed by atoms with Crippen LogP contribution in [0, 0.1) is 0 Å². The highest BCUT2D eigenvalue weighted by atomic mass is 16.5. The molecule has 0 bridgehead atoms. The first-order valence-electron chi connectivity index (χ1n) is 12.9. The summed E-state index contributed by atoms with van der Waals surface area (Å²) in [6.45, 7) is 19.1. The lowest BCUT2D eigenvalue weighted by molar-refractivity contribution is 0.0101. The molecule has 0 aliphatic rings. The van der Waals surface area contributed by atoms with Crippen molar-refractivity contribution in [3.8, 4) is 11.5 Å². The lowest BCUT2D eigenvalue weighted by atomic mass is 9.81. The third-order valence-electron chi connectivity index (χ3n) is 5.47. The molecule has 0 spiro atoms. The van der Waals surface area contributed by atoms with Crippen LogP contribution >= 0.6 is 0 Å². The zero-order chi connectivity index (χ0) is 25.8. The van der Waals surface area contributed by atoms with Crippen LogP contribution in [-0.2, 0) is 20.3 Å². The molecule has 2 N–H and O–H groups in total. The lowest BCUT2D eigenvalue weighted by Crippen LogP contribution is -2.26. The number of benzene rings is 1. The second-order valence-electron chi connectivity index (χ2n) is 11.1.